The average Bonchev–Trinajstić information content (AvgIpc) is 2.72. The van der Waals surface area contributed by atoms with E-state index in [4.69, 9.17) is 5.26 Å². The van der Waals surface area contributed by atoms with E-state index in [1.54, 1.807) is 11.6 Å². The van der Waals surface area contributed by atoms with Gasteiger partial charge >= 0.3 is 0 Å². The van der Waals surface area contributed by atoms with Crippen molar-refractivity contribution in [1.82, 2.24) is 9.55 Å². The summed E-state index contributed by atoms with van der Waals surface area (Å²) in [6.45, 7) is 0. The monoisotopic (exact) mass is 189 g/mol. The Labute approximate surface area is 79.9 Å². The van der Waals surface area contributed by atoms with Crippen LogP contribution in [0.25, 0.3) is 11.4 Å². The van der Waals surface area contributed by atoms with Crippen LogP contribution in [0, 0.1) is 11.3 Å². The highest BCUT2D eigenvalue weighted by Crippen LogP contribution is 2.23. The van der Waals surface area contributed by atoms with E-state index in [9.17, 15) is 0 Å². The summed E-state index contributed by atoms with van der Waals surface area (Å²) in [5.74, 6) is 0. The zero-order valence-corrected chi connectivity index (χ0v) is 7.88. The third-order valence-electron chi connectivity index (χ3n) is 1.87. The van der Waals surface area contributed by atoms with Gasteiger partial charge in [-0.25, -0.2) is 4.98 Å². The van der Waals surface area contributed by atoms with Gasteiger partial charge in [-0.15, -0.1) is 11.3 Å². The van der Waals surface area contributed by atoms with Crippen LogP contribution in [-0.2, 0) is 7.05 Å². The summed E-state index contributed by atoms with van der Waals surface area (Å²) in [4.78, 5) is 4.17. The van der Waals surface area contributed by atoms with Crippen LogP contribution in [0.15, 0.2) is 23.2 Å². The van der Waals surface area contributed by atoms with Gasteiger partial charge in [-0.1, -0.05) is 0 Å². The molecule has 2 heterocycles. The highest BCUT2D eigenvalue weighted by molar-refractivity contribution is 7.07. The van der Waals surface area contributed by atoms with Gasteiger partial charge in [-0.2, -0.15) is 5.26 Å². The number of rotatable bonds is 1. The van der Waals surface area contributed by atoms with Crippen LogP contribution in [-0.4, -0.2) is 9.55 Å². The van der Waals surface area contributed by atoms with Gasteiger partial charge in [0.1, 0.15) is 6.07 Å². The smallest absolute Gasteiger partial charge is 0.101 e. The van der Waals surface area contributed by atoms with Crippen molar-refractivity contribution in [1.29, 1.82) is 5.26 Å². The lowest BCUT2D eigenvalue weighted by Crippen LogP contribution is -1.91. The maximum Gasteiger partial charge on any atom is 0.101 e. The summed E-state index contributed by atoms with van der Waals surface area (Å²) < 4.78 is 1.91. The molecule has 4 heteroatoms. The Morgan fingerprint density at radius 2 is 2.46 bits per heavy atom. The zero-order valence-electron chi connectivity index (χ0n) is 7.06. The maximum absolute atomic E-state index is 8.84. The fourth-order valence-corrected chi connectivity index (χ4v) is 1.80. The fourth-order valence-electron chi connectivity index (χ4n) is 1.27. The number of hydrogen-bond acceptors (Lipinski definition) is 3. The lowest BCUT2D eigenvalue weighted by molar-refractivity contribution is 0.931. The second-order valence-electron chi connectivity index (χ2n) is 2.67. The Bertz CT molecular complexity index is 448. The lowest BCUT2D eigenvalue weighted by Gasteiger charge is -1.98. The van der Waals surface area contributed by atoms with E-state index >= 15 is 0 Å². The molecule has 13 heavy (non-hydrogen) atoms. The van der Waals surface area contributed by atoms with E-state index in [-0.39, 0.29) is 0 Å². The van der Waals surface area contributed by atoms with Crippen LogP contribution in [0.1, 0.15) is 5.56 Å². The Kier molecular flexibility index (Phi) is 1.87. The van der Waals surface area contributed by atoms with Crippen LogP contribution >= 0.6 is 11.3 Å². The van der Waals surface area contributed by atoms with E-state index < -0.39 is 0 Å². The van der Waals surface area contributed by atoms with Gasteiger partial charge in [-0.3, -0.25) is 0 Å². The molecule has 0 aliphatic rings. The quantitative estimate of drug-likeness (QED) is 0.688. The largest absolute Gasteiger partial charge is 0.348 e. The first-order valence-corrected chi connectivity index (χ1v) is 4.71. The fraction of sp³-hybridized carbons (Fsp3) is 0.111. The highest BCUT2D eigenvalue weighted by atomic mass is 32.1. The molecule has 2 rings (SSSR count). The topological polar surface area (TPSA) is 41.6 Å². The molecule has 0 aliphatic carbocycles. The molecule has 0 aliphatic heterocycles. The number of nitrogens with zero attached hydrogens (tertiary/aromatic N) is 3. The van der Waals surface area contributed by atoms with Crippen LogP contribution < -0.4 is 0 Å². The molecule has 0 radical (unpaired) electrons. The molecule has 0 bridgehead atoms. The first-order valence-electron chi connectivity index (χ1n) is 3.77. The van der Waals surface area contributed by atoms with Crippen LogP contribution in [0.5, 0.6) is 0 Å². The predicted molar refractivity (Wildman–Crippen MR) is 51.2 cm³/mol. The van der Waals surface area contributed by atoms with E-state index in [0.29, 0.717) is 5.56 Å². The molecular weight excluding hydrogens is 182 g/mol. The van der Waals surface area contributed by atoms with Crippen molar-refractivity contribution in [3.63, 3.8) is 0 Å². The molecule has 2 aromatic heterocycles. The van der Waals surface area contributed by atoms with Gasteiger partial charge in [0.05, 0.1) is 22.5 Å². The lowest BCUT2D eigenvalue weighted by atomic mass is 10.2. The van der Waals surface area contributed by atoms with E-state index in [2.05, 4.69) is 11.1 Å². The Balaban J connectivity index is 2.64. The molecule has 3 nitrogen and oxygen atoms in total. The number of aryl methyl sites for hydroxylation is 1. The average molecular weight is 189 g/mol. The number of nitriles is 1. The Morgan fingerprint density at radius 3 is 3.08 bits per heavy atom. The summed E-state index contributed by atoms with van der Waals surface area (Å²) in [5.41, 5.74) is 4.20. The predicted octanol–water partition coefficient (Wildman–Crippen LogP) is 2.02. The van der Waals surface area contributed by atoms with Crippen molar-refractivity contribution >= 4 is 11.3 Å². The SMILES string of the molecule is Cn1ccc(C#N)c1-c1cscn1. The Hall–Kier alpha value is -1.60. The van der Waals surface area contributed by atoms with E-state index in [1.165, 1.54) is 11.3 Å². The van der Waals surface area contributed by atoms with Crippen LogP contribution in [0.3, 0.4) is 0 Å². The number of thiazole rings is 1. The molecule has 0 saturated carbocycles. The molecule has 0 amide bonds. The van der Waals surface area contributed by atoms with Crippen LogP contribution in [0.2, 0.25) is 0 Å². The second-order valence-corrected chi connectivity index (χ2v) is 3.39. The van der Waals surface area contributed by atoms with Crippen molar-refractivity contribution in [3.05, 3.63) is 28.7 Å². The first-order chi connectivity index (χ1) is 6.33. The minimum Gasteiger partial charge on any atom is -0.348 e. The van der Waals surface area contributed by atoms with Crippen molar-refractivity contribution in [3.8, 4) is 17.5 Å². The van der Waals surface area contributed by atoms with E-state index in [0.717, 1.165) is 11.4 Å². The maximum atomic E-state index is 8.84. The molecule has 0 saturated heterocycles. The standard InChI is InChI=1S/C9H7N3S/c1-12-3-2-7(4-10)9(12)8-5-13-6-11-8/h2-3,5-6H,1H3. The third kappa shape index (κ3) is 1.23. The second kappa shape index (κ2) is 3.04. The van der Waals surface area contributed by atoms with Gasteiger partial charge in [0.15, 0.2) is 0 Å². The van der Waals surface area contributed by atoms with E-state index in [1.807, 2.05) is 23.2 Å². The molecule has 0 unspecified atom stereocenters. The summed E-state index contributed by atoms with van der Waals surface area (Å²) >= 11 is 1.53. The molecule has 0 fully saturated rings. The van der Waals surface area contributed by atoms with Gasteiger partial charge in [-0.05, 0) is 6.07 Å². The summed E-state index contributed by atoms with van der Waals surface area (Å²) in [7, 11) is 1.91. The highest BCUT2D eigenvalue weighted by Gasteiger charge is 2.09. The van der Waals surface area contributed by atoms with Crippen molar-refractivity contribution in [2.75, 3.05) is 0 Å². The molecule has 0 atom stereocenters. The van der Waals surface area contributed by atoms with Crippen LogP contribution in [0.4, 0.5) is 0 Å². The molecule has 0 spiro atoms. The molecule has 0 aromatic carbocycles. The van der Waals surface area contributed by atoms with Crippen molar-refractivity contribution < 1.29 is 0 Å². The number of hydrogen-bond donors (Lipinski definition) is 0. The van der Waals surface area contributed by atoms with Gasteiger partial charge in [0, 0.05) is 18.6 Å². The molecule has 64 valence electrons. The van der Waals surface area contributed by atoms with Gasteiger partial charge in [0.2, 0.25) is 0 Å². The first kappa shape index (κ1) is 8.02. The minimum absolute atomic E-state index is 0.674. The number of aromatic nitrogens is 2. The van der Waals surface area contributed by atoms with Crippen molar-refractivity contribution in [2.45, 2.75) is 0 Å². The van der Waals surface area contributed by atoms with Gasteiger partial charge < -0.3 is 4.57 Å². The molecule has 2 aromatic rings. The van der Waals surface area contributed by atoms with Crippen molar-refractivity contribution in [2.24, 2.45) is 7.05 Å². The summed E-state index contributed by atoms with van der Waals surface area (Å²) in [5, 5.41) is 10.8. The normalized spacial score (nSPS) is 9.85. The Morgan fingerprint density at radius 1 is 1.62 bits per heavy atom. The molecular formula is C9H7N3S. The molecule has 0 N–H and O–H groups in total. The summed E-state index contributed by atoms with van der Waals surface area (Å²) in [6, 6.07) is 3.95. The minimum atomic E-state index is 0.674. The third-order valence-corrected chi connectivity index (χ3v) is 2.45. The zero-order chi connectivity index (χ0) is 9.26. The summed E-state index contributed by atoms with van der Waals surface area (Å²) in [6.07, 6.45) is 1.87. The van der Waals surface area contributed by atoms with Gasteiger partial charge in [0.25, 0.3) is 0 Å².